The van der Waals surface area contributed by atoms with Gasteiger partial charge in [0, 0.05) is 38.5 Å². The van der Waals surface area contributed by atoms with Crippen LogP contribution >= 0.6 is 0 Å². The van der Waals surface area contributed by atoms with Crippen LogP contribution in [0, 0.1) is 0 Å². The lowest BCUT2D eigenvalue weighted by Crippen LogP contribution is -2.46. The van der Waals surface area contributed by atoms with E-state index in [9.17, 15) is 4.79 Å². The topological polar surface area (TPSA) is 32.3 Å². The minimum atomic E-state index is 0.442. The van der Waals surface area contributed by atoms with Crippen LogP contribution < -0.4 is 5.32 Å². The van der Waals surface area contributed by atoms with Crippen LogP contribution in [-0.4, -0.2) is 42.9 Å². The zero-order valence-corrected chi connectivity index (χ0v) is 8.80. The SMILES string of the molecule is O=C1CCN(CC2CCCCN2)CC1. The summed E-state index contributed by atoms with van der Waals surface area (Å²) in [4.78, 5) is 13.5. The van der Waals surface area contributed by atoms with Gasteiger partial charge in [-0.3, -0.25) is 4.79 Å². The van der Waals surface area contributed by atoms with Gasteiger partial charge < -0.3 is 10.2 Å². The highest BCUT2D eigenvalue weighted by Crippen LogP contribution is 2.11. The van der Waals surface area contributed by atoms with Crippen molar-refractivity contribution in [1.82, 2.24) is 10.2 Å². The molecule has 14 heavy (non-hydrogen) atoms. The number of carbonyl (C=O) groups is 1. The first-order valence-electron chi connectivity index (χ1n) is 5.82. The third-order valence-corrected chi connectivity index (χ3v) is 3.30. The van der Waals surface area contributed by atoms with E-state index < -0.39 is 0 Å². The van der Waals surface area contributed by atoms with Gasteiger partial charge in [0.1, 0.15) is 5.78 Å². The summed E-state index contributed by atoms with van der Waals surface area (Å²) in [6.45, 7) is 4.29. The number of Topliss-reactive ketones (excluding diaryl/α,β-unsaturated/α-hetero) is 1. The molecule has 2 saturated heterocycles. The molecule has 0 radical (unpaired) electrons. The predicted molar refractivity (Wildman–Crippen MR) is 56.3 cm³/mol. The summed E-state index contributed by atoms with van der Waals surface area (Å²) >= 11 is 0. The first-order valence-corrected chi connectivity index (χ1v) is 5.82. The Morgan fingerprint density at radius 1 is 1.29 bits per heavy atom. The van der Waals surface area contributed by atoms with Crippen molar-refractivity contribution >= 4 is 5.78 Å². The molecule has 1 unspecified atom stereocenters. The smallest absolute Gasteiger partial charge is 0.135 e. The quantitative estimate of drug-likeness (QED) is 0.709. The molecule has 3 heteroatoms. The molecule has 2 aliphatic rings. The van der Waals surface area contributed by atoms with E-state index in [1.54, 1.807) is 0 Å². The van der Waals surface area contributed by atoms with Crippen molar-refractivity contribution in [3.05, 3.63) is 0 Å². The normalized spacial score (nSPS) is 30.6. The molecule has 80 valence electrons. The number of hydrogen-bond acceptors (Lipinski definition) is 3. The van der Waals surface area contributed by atoms with Crippen LogP contribution in [0.5, 0.6) is 0 Å². The van der Waals surface area contributed by atoms with Crippen molar-refractivity contribution in [3.8, 4) is 0 Å². The minimum Gasteiger partial charge on any atom is -0.313 e. The maximum atomic E-state index is 11.1. The third kappa shape index (κ3) is 2.79. The van der Waals surface area contributed by atoms with Gasteiger partial charge in [-0.05, 0) is 19.4 Å². The maximum Gasteiger partial charge on any atom is 0.135 e. The molecule has 0 aromatic rings. The number of hydrogen-bond donors (Lipinski definition) is 1. The summed E-state index contributed by atoms with van der Waals surface area (Å²) in [6.07, 6.45) is 5.54. The van der Waals surface area contributed by atoms with Crippen molar-refractivity contribution in [2.75, 3.05) is 26.2 Å². The molecule has 1 atom stereocenters. The van der Waals surface area contributed by atoms with Crippen LogP contribution in [0.3, 0.4) is 0 Å². The highest BCUT2D eigenvalue weighted by Gasteiger charge is 2.20. The Morgan fingerprint density at radius 3 is 2.71 bits per heavy atom. The summed E-state index contributed by atoms with van der Waals surface area (Å²) in [5, 5.41) is 3.55. The Morgan fingerprint density at radius 2 is 2.07 bits per heavy atom. The van der Waals surface area contributed by atoms with Crippen LogP contribution in [0.2, 0.25) is 0 Å². The van der Waals surface area contributed by atoms with Crippen LogP contribution in [0.15, 0.2) is 0 Å². The molecule has 2 rings (SSSR count). The molecule has 0 amide bonds. The molecule has 0 saturated carbocycles. The third-order valence-electron chi connectivity index (χ3n) is 3.30. The highest BCUT2D eigenvalue weighted by molar-refractivity contribution is 5.79. The summed E-state index contributed by atoms with van der Waals surface area (Å²) in [5.41, 5.74) is 0. The van der Waals surface area contributed by atoms with Gasteiger partial charge in [0.15, 0.2) is 0 Å². The van der Waals surface area contributed by atoms with E-state index in [2.05, 4.69) is 10.2 Å². The lowest BCUT2D eigenvalue weighted by Gasteiger charge is -2.32. The van der Waals surface area contributed by atoms with Crippen LogP contribution in [0.4, 0.5) is 0 Å². The van der Waals surface area contributed by atoms with Crippen molar-refractivity contribution in [2.45, 2.75) is 38.1 Å². The lowest BCUT2D eigenvalue weighted by atomic mass is 10.0. The Balaban J connectivity index is 1.71. The first-order chi connectivity index (χ1) is 6.84. The molecule has 0 bridgehead atoms. The Labute approximate surface area is 85.8 Å². The van der Waals surface area contributed by atoms with Crippen molar-refractivity contribution < 1.29 is 4.79 Å². The number of nitrogens with zero attached hydrogens (tertiary/aromatic N) is 1. The fourth-order valence-corrected chi connectivity index (χ4v) is 2.38. The second kappa shape index (κ2) is 4.89. The van der Waals surface area contributed by atoms with E-state index in [0.717, 1.165) is 32.5 Å². The van der Waals surface area contributed by atoms with E-state index >= 15 is 0 Å². The van der Waals surface area contributed by atoms with Crippen molar-refractivity contribution in [3.63, 3.8) is 0 Å². The van der Waals surface area contributed by atoms with Crippen molar-refractivity contribution in [1.29, 1.82) is 0 Å². The second-order valence-electron chi connectivity index (χ2n) is 4.49. The zero-order chi connectivity index (χ0) is 9.80. The van der Waals surface area contributed by atoms with Gasteiger partial charge in [-0.2, -0.15) is 0 Å². The van der Waals surface area contributed by atoms with E-state index in [1.807, 2.05) is 0 Å². The Kier molecular flexibility index (Phi) is 3.54. The maximum absolute atomic E-state index is 11.1. The van der Waals surface area contributed by atoms with E-state index in [-0.39, 0.29) is 0 Å². The summed E-state index contributed by atoms with van der Waals surface area (Å²) in [6, 6.07) is 0.678. The van der Waals surface area contributed by atoms with E-state index in [4.69, 9.17) is 0 Å². The standard InChI is InChI=1S/C11H20N2O/c14-11-4-7-13(8-5-11)9-10-3-1-2-6-12-10/h10,12H,1-9H2. The van der Waals surface area contributed by atoms with Gasteiger partial charge in [0.05, 0.1) is 0 Å². The molecule has 0 aromatic carbocycles. The first kappa shape index (κ1) is 10.1. The van der Waals surface area contributed by atoms with Crippen LogP contribution in [0.1, 0.15) is 32.1 Å². The fourth-order valence-electron chi connectivity index (χ4n) is 2.38. The molecule has 2 heterocycles. The number of rotatable bonds is 2. The van der Waals surface area contributed by atoms with Gasteiger partial charge >= 0.3 is 0 Å². The molecule has 0 aliphatic carbocycles. The van der Waals surface area contributed by atoms with E-state index in [1.165, 1.54) is 25.8 Å². The van der Waals surface area contributed by atoms with Gasteiger partial charge in [0.25, 0.3) is 0 Å². The number of likely N-dealkylation sites (tertiary alicyclic amines) is 1. The summed E-state index contributed by atoms with van der Waals surface area (Å²) in [7, 11) is 0. The van der Waals surface area contributed by atoms with Crippen molar-refractivity contribution in [2.24, 2.45) is 0 Å². The molecule has 3 nitrogen and oxygen atoms in total. The number of piperidine rings is 2. The van der Waals surface area contributed by atoms with Crippen LogP contribution in [0.25, 0.3) is 0 Å². The van der Waals surface area contributed by atoms with E-state index in [0.29, 0.717) is 11.8 Å². The minimum absolute atomic E-state index is 0.442. The van der Waals surface area contributed by atoms with Gasteiger partial charge in [-0.1, -0.05) is 6.42 Å². The molecule has 0 spiro atoms. The fraction of sp³-hybridized carbons (Fsp3) is 0.909. The zero-order valence-electron chi connectivity index (χ0n) is 8.80. The predicted octanol–water partition coefficient (Wildman–Crippen LogP) is 0.793. The Hall–Kier alpha value is -0.410. The molecule has 0 aromatic heterocycles. The molecule has 2 aliphatic heterocycles. The van der Waals surface area contributed by atoms with Crippen LogP contribution in [-0.2, 0) is 4.79 Å². The monoisotopic (exact) mass is 196 g/mol. The number of carbonyl (C=O) groups excluding carboxylic acids is 1. The molecule has 1 N–H and O–H groups in total. The average Bonchev–Trinajstić information content (AvgIpc) is 2.23. The molecule has 2 fully saturated rings. The second-order valence-corrected chi connectivity index (χ2v) is 4.49. The van der Waals surface area contributed by atoms with Gasteiger partial charge in [-0.25, -0.2) is 0 Å². The molecular weight excluding hydrogens is 176 g/mol. The Bertz CT molecular complexity index is 189. The summed E-state index contributed by atoms with van der Waals surface area (Å²) < 4.78 is 0. The number of nitrogens with one attached hydrogen (secondary N) is 1. The molecular formula is C11H20N2O. The lowest BCUT2D eigenvalue weighted by molar-refractivity contribution is -0.121. The summed E-state index contributed by atoms with van der Waals surface area (Å²) in [5.74, 6) is 0.442. The van der Waals surface area contributed by atoms with Gasteiger partial charge in [0.2, 0.25) is 0 Å². The van der Waals surface area contributed by atoms with Gasteiger partial charge in [-0.15, -0.1) is 0 Å². The largest absolute Gasteiger partial charge is 0.313 e. The number of ketones is 1. The average molecular weight is 196 g/mol. The highest BCUT2D eigenvalue weighted by atomic mass is 16.1.